The molecule has 2 atom stereocenters. The highest BCUT2D eigenvalue weighted by atomic mass is 19.1. The Kier molecular flexibility index (Phi) is 3.72. The van der Waals surface area contributed by atoms with E-state index in [0.717, 1.165) is 12.8 Å². The highest BCUT2D eigenvalue weighted by molar-refractivity contribution is 5.11. The fourth-order valence-corrected chi connectivity index (χ4v) is 2.19. The molecule has 1 fully saturated rings. The van der Waals surface area contributed by atoms with E-state index in [0.29, 0.717) is 18.3 Å². The smallest absolute Gasteiger partial charge is 0.213 e. The summed E-state index contributed by atoms with van der Waals surface area (Å²) in [5, 5.41) is 0. The fourth-order valence-electron chi connectivity index (χ4n) is 2.19. The van der Waals surface area contributed by atoms with Crippen LogP contribution in [-0.2, 0) is 0 Å². The van der Waals surface area contributed by atoms with Gasteiger partial charge in [0.15, 0.2) is 0 Å². The number of hydrogen-bond donors (Lipinski definition) is 1. The van der Waals surface area contributed by atoms with Gasteiger partial charge < -0.3 is 10.5 Å². The first-order valence-corrected chi connectivity index (χ1v) is 5.78. The molecule has 1 aromatic heterocycles. The van der Waals surface area contributed by atoms with Crippen molar-refractivity contribution in [1.82, 2.24) is 4.98 Å². The van der Waals surface area contributed by atoms with Crippen molar-refractivity contribution in [3.05, 3.63) is 24.1 Å². The topological polar surface area (TPSA) is 48.1 Å². The minimum atomic E-state index is -0.341. The molecule has 0 aromatic carbocycles. The predicted octanol–water partition coefficient (Wildman–Crippen LogP) is 2.12. The Balaban J connectivity index is 1.99. The van der Waals surface area contributed by atoms with Gasteiger partial charge in [0.25, 0.3) is 0 Å². The lowest BCUT2D eigenvalue weighted by Gasteiger charge is -2.30. The summed E-state index contributed by atoms with van der Waals surface area (Å²) < 4.78 is 18.4. The molecule has 1 aromatic rings. The Morgan fingerprint density at radius 1 is 1.38 bits per heavy atom. The molecule has 0 bridgehead atoms. The van der Waals surface area contributed by atoms with Gasteiger partial charge in [0.05, 0.1) is 6.20 Å². The van der Waals surface area contributed by atoms with E-state index in [2.05, 4.69) is 4.98 Å². The molecule has 4 heteroatoms. The fraction of sp³-hybridized carbons (Fsp3) is 0.583. The first-order valence-electron chi connectivity index (χ1n) is 5.78. The maximum absolute atomic E-state index is 12.7. The summed E-state index contributed by atoms with van der Waals surface area (Å²) in [7, 11) is 0. The zero-order valence-corrected chi connectivity index (χ0v) is 9.23. The number of nitrogens with zero attached hydrogens (tertiary/aromatic N) is 1. The molecule has 0 aliphatic heterocycles. The second kappa shape index (κ2) is 5.25. The lowest BCUT2D eigenvalue weighted by Crippen LogP contribution is -2.35. The standard InChI is InChI=1S/C12H17FN2O/c13-10-5-6-12(15-8-10)16-11-4-2-1-3-9(11)7-14/h5-6,8-9,11H,1-4,7,14H2. The Bertz CT molecular complexity index is 328. The Hall–Kier alpha value is -1.16. The van der Waals surface area contributed by atoms with Crippen LogP contribution in [0.15, 0.2) is 18.3 Å². The van der Waals surface area contributed by atoms with Gasteiger partial charge in [0, 0.05) is 12.0 Å². The summed E-state index contributed by atoms with van der Waals surface area (Å²) in [5.74, 6) is 0.554. The van der Waals surface area contributed by atoms with Gasteiger partial charge in [-0.25, -0.2) is 9.37 Å². The van der Waals surface area contributed by atoms with Gasteiger partial charge in [-0.3, -0.25) is 0 Å². The molecule has 16 heavy (non-hydrogen) atoms. The van der Waals surface area contributed by atoms with E-state index < -0.39 is 0 Å². The van der Waals surface area contributed by atoms with Crippen molar-refractivity contribution in [2.24, 2.45) is 11.7 Å². The summed E-state index contributed by atoms with van der Waals surface area (Å²) >= 11 is 0. The van der Waals surface area contributed by atoms with Crippen molar-refractivity contribution < 1.29 is 9.13 Å². The summed E-state index contributed by atoms with van der Waals surface area (Å²) in [4.78, 5) is 3.90. The third-order valence-corrected chi connectivity index (χ3v) is 3.11. The molecule has 0 radical (unpaired) electrons. The largest absolute Gasteiger partial charge is 0.474 e. The van der Waals surface area contributed by atoms with E-state index >= 15 is 0 Å². The van der Waals surface area contributed by atoms with Gasteiger partial charge in [-0.2, -0.15) is 0 Å². The predicted molar refractivity (Wildman–Crippen MR) is 59.6 cm³/mol. The average molecular weight is 224 g/mol. The number of rotatable bonds is 3. The van der Waals surface area contributed by atoms with E-state index in [4.69, 9.17) is 10.5 Å². The van der Waals surface area contributed by atoms with E-state index in [-0.39, 0.29) is 11.9 Å². The van der Waals surface area contributed by atoms with Gasteiger partial charge in [0.1, 0.15) is 11.9 Å². The van der Waals surface area contributed by atoms with Gasteiger partial charge in [-0.15, -0.1) is 0 Å². The van der Waals surface area contributed by atoms with Gasteiger partial charge >= 0.3 is 0 Å². The van der Waals surface area contributed by atoms with Crippen molar-refractivity contribution in [3.8, 4) is 5.88 Å². The minimum absolute atomic E-state index is 0.136. The van der Waals surface area contributed by atoms with Gasteiger partial charge in [0.2, 0.25) is 5.88 Å². The third-order valence-electron chi connectivity index (χ3n) is 3.11. The number of aromatic nitrogens is 1. The highest BCUT2D eigenvalue weighted by Gasteiger charge is 2.25. The van der Waals surface area contributed by atoms with Crippen LogP contribution in [-0.4, -0.2) is 17.6 Å². The van der Waals surface area contributed by atoms with Crippen molar-refractivity contribution in [2.75, 3.05) is 6.54 Å². The highest BCUT2D eigenvalue weighted by Crippen LogP contribution is 2.27. The third kappa shape index (κ3) is 2.70. The molecule has 1 aliphatic carbocycles. The molecule has 2 unspecified atom stereocenters. The molecule has 88 valence electrons. The van der Waals surface area contributed by atoms with Crippen LogP contribution in [0.2, 0.25) is 0 Å². The van der Waals surface area contributed by atoms with Crippen LogP contribution in [0.25, 0.3) is 0 Å². The molecule has 1 saturated carbocycles. The number of nitrogens with two attached hydrogens (primary N) is 1. The lowest BCUT2D eigenvalue weighted by molar-refractivity contribution is 0.0921. The van der Waals surface area contributed by atoms with Crippen LogP contribution in [0, 0.1) is 11.7 Å². The van der Waals surface area contributed by atoms with Crippen LogP contribution in [0.3, 0.4) is 0 Å². The van der Waals surface area contributed by atoms with Gasteiger partial charge in [-0.05, 0) is 31.9 Å². The van der Waals surface area contributed by atoms with Crippen LogP contribution < -0.4 is 10.5 Å². The molecule has 2 rings (SSSR count). The van der Waals surface area contributed by atoms with Crippen LogP contribution in [0.1, 0.15) is 25.7 Å². The molecule has 0 saturated heterocycles. The quantitative estimate of drug-likeness (QED) is 0.855. The van der Waals surface area contributed by atoms with Crippen LogP contribution in [0.4, 0.5) is 4.39 Å². The molecule has 3 nitrogen and oxygen atoms in total. The molecule has 2 N–H and O–H groups in total. The van der Waals surface area contributed by atoms with E-state index in [1.165, 1.54) is 25.1 Å². The zero-order chi connectivity index (χ0) is 11.4. The monoisotopic (exact) mass is 224 g/mol. The number of pyridine rings is 1. The summed E-state index contributed by atoms with van der Waals surface area (Å²) in [6.45, 7) is 0.645. The number of hydrogen-bond acceptors (Lipinski definition) is 3. The Labute approximate surface area is 94.8 Å². The first-order chi connectivity index (χ1) is 7.79. The maximum atomic E-state index is 12.7. The van der Waals surface area contributed by atoms with Crippen LogP contribution >= 0.6 is 0 Å². The molecule has 1 heterocycles. The molecule has 1 aliphatic rings. The Morgan fingerprint density at radius 2 is 2.19 bits per heavy atom. The second-order valence-electron chi connectivity index (χ2n) is 4.25. The van der Waals surface area contributed by atoms with Crippen molar-refractivity contribution in [3.63, 3.8) is 0 Å². The second-order valence-corrected chi connectivity index (χ2v) is 4.25. The van der Waals surface area contributed by atoms with Crippen molar-refractivity contribution in [1.29, 1.82) is 0 Å². The minimum Gasteiger partial charge on any atom is -0.474 e. The Morgan fingerprint density at radius 3 is 2.88 bits per heavy atom. The summed E-state index contributed by atoms with van der Waals surface area (Å²) in [6, 6.07) is 2.93. The molecular weight excluding hydrogens is 207 g/mol. The van der Waals surface area contributed by atoms with E-state index in [1.807, 2.05) is 0 Å². The lowest BCUT2D eigenvalue weighted by atomic mass is 9.86. The molecule has 0 spiro atoms. The molecule has 0 amide bonds. The van der Waals surface area contributed by atoms with Crippen molar-refractivity contribution in [2.45, 2.75) is 31.8 Å². The van der Waals surface area contributed by atoms with Crippen LogP contribution in [0.5, 0.6) is 5.88 Å². The summed E-state index contributed by atoms with van der Waals surface area (Å²) in [6.07, 6.45) is 5.83. The molecular formula is C12H17FN2O. The SMILES string of the molecule is NCC1CCCCC1Oc1ccc(F)cn1. The normalized spacial score (nSPS) is 25.4. The maximum Gasteiger partial charge on any atom is 0.213 e. The van der Waals surface area contributed by atoms with E-state index in [9.17, 15) is 4.39 Å². The van der Waals surface area contributed by atoms with E-state index in [1.54, 1.807) is 6.07 Å². The summed E-state index contributed by atoms with van der Waals surface area (Å²) in [5.41, 5.74) is 5.71. The zero-order valence-electron chi connectivity index (χ0n) is 9.23. The number of ether oxygens (including phenoxy) is 1. The first kappa shape index (κ1) is 11.3. The average Bonchev–Trinajstić information content (AvgIpc) is 2.33. The van der Waals surface area contributed by atoms with Gasteiger partial charge in [-0.1, -0.05) is 6.42 Å². The van der Waals surface area contributed by atoms with Crippen molar-refractivity contribution >= 4 is 0 Å². The number of halogens is 1.